The van der Waals surface area contributed by atoms with Gasteiger partial charge in [-0.15, -0.1) is 0 Å². The molecule has 0 saturated carbocycles. The summed E-state index contributed by atoms with van der Waals surface area (Å²) >= 11 is 0. The highest BCUT2D eigenvalue weighted by molar-refractivity contribution is 6.48. The van der Waals surface area contributed by atoms with Crippen LogP contribution >= 0.6 is 0 Å². The van der Waals surface area contributed by atoms with E-state index in [9.17, 15) is 9.59 Å². The van der Waals surface area contributed by atoms with Gasteiger partial charge >= 0.3 is 19.1 Å². The molecule has 8 heteroatoms. The second-order valence-corrected chi connectivity index (χ2v) is 9.44. The molecule has 7 nitrogen and oxygen atoms in total. The summed E-state index contributed by atoms with van der Waals surface area (Å²) in [5.74, 6) is -1.000. The van der Waals surface area contributed by atoms with Crippen LogP contribution in [0.25, 0.3) is 5.69 Å². The Kier molecular flexibility index (Phi) is 7.10. The molecule has 178 valence electrons. The maximum atomic E-state index is 12.3. The van der Waals surface area contributed by atoms with E-state index in [0.29, 0.717) is 12.2 Å². The number of aromatic nitrogens is 1. The second kappa shape index (κ2) is 9.35. The smallest absolute Gasteiger partial charge is 0.466 e. The predicted octanol–water partition coefficient (Wildman–Crippen LogP) is 4.55. The normalized spacial score (nSPS) is 17.6. The van der Waals surface area contributed by atoms with E-state index < -0.39 is 18.3 Å². The Labute approximate surface area is 196 Å². The molecule has 0 bridgehead atoms. The van der Waals surface area contributed by atoms with E-state index >= 15 is 0 Å². The molecule has 1 aromatic heterocycles. The third-order valence-corrected chi connectivity index (χ3v) is 6.72. The topological polar surface area (TPSA) is 76.0 Å². The SMILES string of the molecule is CCOC(=O)c1ccc(-n2c(C)cc(C(CC(=O)OC)B3OC(C)(C)C(C)(C)O3)c2C)cc1. The molecule has 3 rings (SSSR count). The molecular formula is C25H34BNO6. The van der Waals surface area contributed by atoms with E-state index in [0.717, 1.165) is 22.6 Å². The van der Waals surface area contributed by atoms with Crippen molar-refractivity contribution >= 4 is 19.1 Å². The number of carbonyl (C=O) groups is 2. The average molecular weight is 455 g/mol. The number of aryl methyl sites for hydroxylation is 1. The first kappa shape index (κ1) is 25.1. The summed E-state index contributed by atoms with van der Waals surface area (Å²) in [7, 11) is 0.798. The monoisotopic (exact) mass is 455 g/mol. The highest BCUT2D eigenvalue weighted by atomic mass is 16.7. The lowest BCUT2D eigenvalue weighted by molar-refractivity contribution is -0.140. The van der Waals surface area contributed by atoms with Gasteiger partial charge in [0.2, 0.25) is 0 Å². The minimum Gasteiger partial charge on any atom is -0.469 e. The molecule has 0 spiro atoms. The quantitative estimate of drug-likeness (QED) is 0.451. The molecule has 1 fully saturated rings. The molecule has 0 aliphatic carbocycles. The van der Waals surface area contributed by atoms with E-state index in [2.05, 4.69) is 10.6 Å². The van der Waals surface area contributed by atoms with Gasteiger partial charge in [0.25, 0.3) is 0 Å². The van der Waals surface area contributed by atoms with Crippen molar-refractivity contribution in [3.63, 3.8) is 0 Å². The molecule has 1 atom stereocenters. The first-order valence-electron chi connectivity index (χ1n) is 11.3. The molecule has 0 amide bonds. The molecular weight excluding hydrogens is 421 g/mol. The van der Waals surface area contributed by atoms with Gasteiger partial charge in [0.15, 0.2) is 0 Å². The van der Waals surface area contributed by atoms with Gasteiger partial charge in [0.05, 0.1) is 36.9 Å². The van der Waals surface area contributed by atoms with Gasteiger partial charge in [0, 0.05) is 22.9 Å². The van der Waals surface area contributed by atoms with Crippen molar-refractivity contribution < 1.29 is 28.4 Å². The van der Waals surface area contributed by atoms with Crippen LogP contribution in [0.5, 0.6) is 0 Å². The molecule has 1 aromatic carbocycles. The standard InChI is InChI=1S/C25H34BNO6/c1-9-31-23(29)18-10-12-19(13-11-18)27-16(2)14-20(17(27)3)21(15-22(28)30-8)26-32-24(4,5)25(6,7)33-26/h10-14,21H,9,15H2,1-8H3. The van der Waals surface area contributed by atoms with Crippen molar-refractivity contribution in [2.45, 2.75) is 71.9 Å². The molecule has 1 saturated heterocycles. The summed E-state index contributed by atoms with van der Waals surface area (Å²) in [5, 5.41) is 0. The first-order chi connectivity index (χ1) is 15.4. The van der Waals surface area contributed by atoms with Crippen molar-refractivity contribution in [3.8, 4) is 5.69 Å². The number of nitrogens with zero attached hydrogens (tertiary/aromatic N) is 1. The highest BCUT2D eigenvalue weighted by Gasteiger charge is 2.54. The Morgan fingerprint density at radius 2 is 1.64 bits per heavy atom. The van der Waals surface area contributed by atoms with Crippen LogP contribution in [-0.4, -0.2) is 48.5 Å². The number of esters is 2. The van der Waals surface area contributed by atoms with Gasteiger partial charge in [-0.1, -0.05) is 0 Å². The van der Waals surface area contributed by atoms with Crippen molar-refractivity contribution in [1.29, 1.82) is 0 Å². The van der Waals surface area contributed by atoms with Gasteiger partial charge in [0.1, 0.15) is 0 Å². The lowest BCUT2D eigenvalue weighted by Crippen LogP contribution is -2.41. The number of ether oxygens (including phenoxy) is 2. The average Bonchev–Trinajstić information content (AvgIpc) is 3.16. The number of hydrogen-bond acceptors (Lipinski definition) is 6. The van der Waals surface area contributed by atoms with Gasteiger partial charge in [-0.2, -0.15) is 0 Å². The summed E-state index contributed by atoms with van der Waals surface area (Å²) in [6.07, 6.45) is 0.138. The molecule has 1 aliphatic rings. The molecule has 1 aliphatic heterocycles. The Balaban J connectivity index is 1.99. The second-order valence-electron chi connectivity index (χ2n) is 9.44. The lowest BCUT2D eigenvalue weighted by atomic mass is 9.66. The minimum atomic E-state index is -0.589. The zero-order valence-corrected chi connectivity index (χ0v) is 20.9. The van der Waals surface area contributed by atoms with Crippen molar-refractivity contribution in [2.75, 3.05) is 13.7 Å². The van der Waals surface area contributed by atoms with Crippen LogP contribution in [0, 0.1) is 13.8 Å². The van der Waals surface area contributed by atoms with Crippen LogP contribution in [0.3, 0.4) is 0 Å². The van der Waals surface area contributed by atoms with Crippen molar-refractivity contribution in [3.05, 3.63) is 52.8 Å². The minimum absolute atomic E-state index is 0.138. The van der Waals surface area contributed by atoms with Gasteiger partial charge in [-0.05, 0) is 84.4 Å². The fourth-order valence-corrected chi connectivity index (χ4v) is 4.19. The summed E-state index contributed by atoms with van der Waals surface area (Å²) < 4.78 is 24.8. The number of hydrogen-bond donors (Lipinski definition) is 0. The molecule has 0 N–H and O–H groups in total. The van der Waals surface area contributed by atoms with Gasteiger partial charge in [-0.25, -0.2) is 4.79 Å². The molecule has 2 heterocycles. The molecule has 0 radical (unpaired) electrons. The largest absolute Gasteiger partial charge is 0.469 e. The van der Waals surface area contributed by atoms with Crippen LogP contribution < -0.4 is 0 Å². The van der Waals surface area contributed by atoms with Crippen LogP contribution in [0.1, 0.15) is 74.2 Å². The molecule has 33 heavy (non-hydrogen) atoms. The van der Waals surface area contributed by atoms with E-state index in [4.69, 9.17) is 18.8 Å². The van der Waals surface area contributed by atoms with Crippen molar-refractivity contribution in [1.82, 2.24) is 4.57 Å². The van der Waals surface area contributed by atoms with E-state index in [1.807, 2.05) is 53.7 Å². The molecule has 2 aromatic rings. The molecule has 1 unspecified atom stereocenters. The number of rotatable bonds is 7. The predicted molar refractivity (Wildman–Crippen MR) is 127 cm³/mol. The summed E-state index contributed by atoms with van der Waals surface area (Å²) in [6.45, 7) is 14.1. The maximum Gasteiger partial charge on any atom is 0.466 e. The lowest BCUT2D eigenvalue weighted by Gasteiger charge is -2.32. The highest BCUT2D eigenvalue weighted by Crippen LogP contribution is 2.43. The van der Waals surface area contributed by atoms with Crippen LogP contribution in [0.15, 0.2) is 30.3 Å². The van der Waals surface area contributed by atoms with Crippen LogP contribution in [0.4, 0.5) is 0 Å². The zero-order chi connectivity index (χ0) is 24.6. The Bertz CT molecular complexity index is 1010. The van der Waals surface area contributed by atoms with E-state index in [-0.39, 0.29) is 24.2 Å². The third-order valence-electron chi connectivity index (χ3n) is 6.72. The van der Waals surface area contributed by atoms with Crippen molar-refractivity contribution in [2.24, 2.45) is 0 Å². The summed E-state index contributed by atoms with van der Waals surface area (Å²) in [4.78, 5) is 24.3. The Morgan fingerprint density at radius 1 is 1.06 bits per heavy atom. The fourth-order valence-electron chi connectivity index (χ4n) is 4.19. The maximum absolute atomic E-state index is 12.3. The number of methoxy groups -OCH3 is 1. The van der Waals surface area contributed by atoms with Crippen LogP contribution in [0.2, 0.25) is 0 Å². The summed E-state index contributed by atoms with van der Waals surface area (Å²) in [5.41, 5.74) is 3.32. The van der Waals surface area contributed by atoms with Gasteiger partial charge < -0.3 is 23.3 Å². The Hall–Kier alpha value is -2.58. The van der Waals surface area contributed by atoms with Crippen LogP contribution in [-0.2, 0) is 23.6 Å². The summed E-state index contributed by atoms with van der Waals surface area (Å²) in [6, 6.07) is 9.35. The van der Waals surface area contributed by atoms with E-state index in [1.54, 1.807) is 19.1 Å². The fraction of sp³-hybridized carbons (Fsp3) is 0.520. The van der Waals surface area contributed by atoms with Gasteiger partial charge in [-0.3, -0.25) is 4.79 Å². The number of benzene rings is 1. The first-order valence-corrected chi connectivity index (χ1v) is 11.3. The Morgan fingerprint density at radius 3 is 2.15 bits per heavy atom. The zero-order valence-electron chi connectivity index (χ0n) is 20.9. The van der Waals surface area contributed by atoms with E-state index in [1.165, 1.54) is 7.11 Å². The number of carbonyl (C=O) groups excluding carboxylic acids is 2. The third kappa shape index (κ3) is 4.87.